The van der Waals surface area contributed by atoms with Crippen molar-refractivity contribution in [1.29, 1.82) is 0 Å². The number of carbonyl (C=O) groups is 1. The number of esters is 1. The Morgan fingerprint density at radius 2 is 1.97 bits per heavy atom. The van der Waals surface area contributed by atoms with Gasteiger partial charge in [-0.05, 0) is 55.7 Å². The highest BCUT2D eigenvalue weighted by Crippen LogP contribution is 2.63. The Labute approximate surface area is 172 Å². The van der Waals surface area contributed by atoms with Crippen LogP contribution in [0.4, 0.5) is 0 Å². The van der Waals surface area contributed by atoms with Crippen LogP contribution in [0.5, 0.6) is 11.5 Å². The van der Waals surface area contributed by atoms with Gasteiger partial charge >= 0.3 is 5.97 Å². The number of aromatic hydroxyl groups is 1. The number of epoxide rings is 1. The lowest BCUT2D eigenvalue weighted by atomic mass is 9.67. The van der Waals surface area contributed by atoms with Crippen molar-refractivity contribution in [3.05, 3.63) is 23.8 Å². The largest absolute Gasteiger partial charge is 0.504 e. The van der Waals surface area contributed by atoms with Crippen LogP contribution in [0.25, 0.3) is 0 Å². The molecule has 6 heteroatoms. The van der Waals surface area contributed by atoms with E-state index in [1.807, 2.05) is 13.8 Å². The highest BCUT2D eigenvalue weighted by atomic mass is 16.6. The summed E-state index contributed by atoms with van der Waals surface area (Å²) in [7, 11) is 1.46. The number of hydrogen-bond donors (Lipinski definition) is 2. The molecular weight excluding hydrogens is 372 g/mol. The van der Waals surface area contributed by atoms with E-state index in [0.29, 0.717) is 18.6 Å². The maximum atomic E-state index is 13.0. The van der Waals surface area contributed by atoms with E-state index in [4.69, 9.17) is 14.2 Å². The Kier molecular flexibility index (Phi) is 4.67. The van der Waals surface area contributed by atoms with Crippen molar-refractivity contribution in [3.8, 4) is 11.5 Å². The van der Waals surface area contributed by atoms with Crippen molar-refractivity contribution in [3.63, 3.8) is 0 Å². The average molecular weight is 405 g/mol. The third kappa shape index (κ3) is 3.21. The molecule has 0 aromatic heterocycles. The summed E-state index contributed by atoms with van der Waals surface area (Å²) in [6, 6.07) is 4.49. The lowest BCUT2D eigenvalue weighted by Crippen LogP contribution is -2.50. The second kappa shape index (κ2) is 6.61. The van der Waals surface area contributed by atoms with Gasteiger partial charge in [0.25, 0.3) is 0 Å². The third-order valence-electron chi connectivity index (χ3n) is 7.72. The molecule has 0 spiro atoms. The lowest BCUT2D eigenvalue weighted by Gasteiger charge is -2.44. The molecule has 2 aliphatic carbocycles. The molecule has 1 heterocycles. The zero-order chi connectivity index (χ0) is 21.2. The van der Waals surface area contributed by atoms with Gasteiger partial charge in [0.05, 0.1) is 30.0 Å². The quantitative estimate of drug-likeness (QED) is 0.588. The summed E-state index contributed by atoms with van der Waals surface area (Å²) >= 11 is 0. The number of rotatable bonds is 4. The Balaban J connectivity index is 1.66. The molecule has 1 aromatic carbocycles. The number of ether oxygens (including phenoxy) is 3. The van der Waals surface area contributed by atoms with Crippen LogP contribution in [0, 0.1) is 17.3 Å². The van der Waals surface area contributed by atoms with Gasteiger partial charge in [-0.15, -0.1) is 0 Å². The zero-order valence-corrected chi connectivity index (χ0v) is 17.9. The molecule has 160 valence electrons. The Hall–Kier alpha value is -1.79. The first-order valence-electron chi connectivity index (χ1n) is 10.5. The molecule has 1 aliphatic heterocycles. The topological polar surface area (TPSA) is 88.5 Å². The van der Waals surface area contributed by atoms with Crippen LogP contribution in [0.1, 0.15) is 63.7 Å². The fourth-order valence-electron chi connectivity index (χ4n) is 5.85. The Morgan fingerprint density at radius 1 is 1.24 bits per heavy atom. The summed E-state index contributed by atoms with van der Waals surface area (Å²) in [6.45, 7) is 8.34. The van der Waals surface area contributed by atoms with Crippen molar-refractivity contribution >= 4 is 5.97 Å². The molecule has 0 amide bonds. The fraction of sp³-hybridized carbons (Fsp3) is 0.696. The minimum Gasteiger partial charge on any atom is -0.504 e. The molecular formula is C23H32O6. The first-order valence-corrected chi connectivity index (χ1v) is 10.5. The second-order valence-electron chi connectivity index (χ2n) is 9.94. The molecule has 6 atom stereocenters. The number of benzene rings is 1. The van der Waals surface area contributed by atoms with Crippen molar-refractivity contribution in [2.45, 2.75) is 76.8 Å². The molecule has 0 unspecified atom stereocenters. The smallest absolute Gasteiger partial charge is 0.338 e. The van der Waals surface area contributed by atoms with Crippen LogP contribution in [-0.2, 0) is 9.47 Å². The summed E-state index contributed by atoms with van der Waals surface area (Å²) in [6.07, 6.45) is 2.73. The summed E-state index contributed by atoms with van der Waals surface area (Å²) in [5, 5.41) is 21.7. The molecule has 6 nitrogen and oxygen atoms in total. The van der Waals surface area contributed by atoms with Crippen LogP contribution in [-0.4, -0.2) is 46.7 Å². The number of methoxy groups -OCH3 is 1. The van der Waals surface area contributed by atoms with E-state index in [0.717, 1.165) is 12.8 Å². The predicted molar refractivity (Wildman–Crippen MR) is 107 cm³/mol. The summed E-state index contributed by atoms with van der Waals surface area (Å²) in [5.41, 5.74) is -1.07. The van der Waals surface area contributed by atoms with Gasteiger partial charge in [-0.3, -0.25) is 0 Å². The molecule has 2 saturated carbocycles. The zero-order valence-electron chi connectivity index (χ0n) is 17.9. The first kappa shape index (κ1) is 20.5. The lowest BCUT2D eigenvalue weighted by molar-refractivity contribution is -0.120. The highest BCUT2D eigenvalue weighted by molar-refractivity contribution is 5.90. The van der Waals surface area contributed by atoms with E-state index < -0.39 is 17.7 Å². The van der Waals surface area contributed by atoms with Crippen molar-refractivity contribution in [2.24, 2.45) is 17.3 Å². The van der Waals surface area contributed by atoms with Crippen LogP contribution in [0.3, 0.4) is 0 Å². The van der Waals surface area contributed by atoms with E-state index in [2.05, 4.69) is 13.8 Å². The summed E-state index contributed by atoms with van der Waals surface area (Å²) < 4.78 is 17.1. The van der Waals surface area contributed by atoms with Crippen LogP contribution in [0.15, 0.2) is 18.2 Å². The van der Waals surface area contributed by atoms with Gasteiger partial charge in [0.1, 0.15) is 6.10 Å². The van der Waals surface area contributed by atoms with E-state index in [1.54, 1.807) is 12.1 Å². The van der Waals surface area contributed by atoms with Crippen LogP contribution >= 0.6 is 0 Å². The van der Waals surface area contributed by atoms with Crippen molar-refractivity contribution < 1.29 is 29.2 Å². The first-order chi connectivity index (χ1) is 13.5. The molecule has 1 aromatic rings. The second-order valence-corrected chi connectivity index (χ2v) is 9.94. The van der Waals surface area contributed by atoms with E-state index in [9.17, 15) is 15.0 Å². The van der Waals surface area contributed by atoms with Gasteiger partial charge in [-0.2, -0.15) is 0 Å². The van der Waals surface area contributed by atoms with Crippen LogP contribution in [0.2, 0.25) is 0 Å². The highest BCUT2D eigenvalue weighted by Gasteiger charge is 2.68. The molecule has 0 radical (unpaired) electrons. The number of aliphatic hydroxyl groups is 1. The predicted octanol–water partition coefficient (Wildman–Crippen LogP) is 3.68. The Bertz CT molecular complexity index is 822. The average Bonchev–Trinajstić information content (AvgIpc) is 3.18. The van der Waals surface area contributed by atoms with Crippen molar-refractivity contribution in [2.75, 3.05) is 7.11 Å². The van der Waals surface area contributed by atoms with E-state index in [-0.39, 0.29) is 40.3 Å². The van der Waals surface area contributed by atoms with Gasteiger partial charge in [0, 0.05) is 12.3 Å². The van der Waals surface area contributed by atoms with Gasteiger partial charge in [0.15, 0.2) is 11.5 Å². The number of hydrogen-bond acceptors (Lipinski definition) is 6. The van der Waals surface area contributed by atoms with E-state index in [1.165, 1.54) is 13.2 Å². The number of phenols is 1. The maximum absolute atomic E-state index is 13.0. The Morgan fingerprint density at radius 3 is 2.59 bits per heavy atom. The normalized spacial score (nSPS) is 40.7. The summed E-state index contributed by atoms with van der Waals surface area (Å²) in [4.78, 5) is 13.0. The van der Waals surface area contributed by atoms with Crippen molar-refractivity contribution in [1.82, 2.24) is 0 Å². The molecule has 3 aliphatic rings. The standard InChI is InChI=1S/C23H32O6/c1-13(2)23(26)9-8-21(3)12-18-22(4,29-18)11-17(19(21)23)28-20(25)14-6-7-16(27-5)15(24)10-14/h6-7,10,13,17-19,24,26H,8-9,11-12H2,1-5H3/t17-,18-,19-,21+,22+,23-/m1/s1. The van der Waals surface area contributed by atoms with Gasteiger partial charge in [0.2, 0.25) is 0 Å². The van der Waals surface area contributed by atoms with Gasteiger partial charge < -0.3 is 24.4 Å². The number of fused-ring (bicyclic) bond motifs is 2. The summed E-state index contributed by atoms with van der Waals surface area (Å²) in [5.74, 6) is -0.404. The molecule has 1 saturated heterocycles. The van der Waals surface area contributed by atoms with Gasteiger partial charge in [-0.1, -0.05) is 20.8 Å². The molecule has 4 rings (SSSR count). The number of phenolic OH excluding ortho intramolecular Hbond substituents is 1. The van der Waals surface area contributed by atoms with E-state index >= 15 is 0 Å². The SMILES string of the molecule is COc1ccc(C(=O)O[C@@H]2C[C@]3(C)O[C@@H]3C[C@]3(C)CC[C@@](O)(C(C)C)[C@H]23)cc1O. The number of carbonyl (C=O) groups excluding carboxylic acids is 1. The minimum absolute atomic E-state index is 0.0590. The monoisotopic (exact) mass is 404 g/mol. The minimum atomic E-state index is -0.880. The van der Waals surface area contributed by atoms with Crippen LogP contribution < -0.4 is 4.74 Å². The third-order valence-corrected chi connectivity index (χ3v) is 7.72. The van der Waals surface area contributed by atoms with Gasteiger partial charge in [-0.25, -0.2) is 4.79 Å². The molecule has 29 heavy (non-hydrogen) atoms. The maximum Gasteiger partial charge on any atom is 0.338 e. The molecule has 0 bridgehead atoms. The fourth-order valence-corrected chi connectivity index (χ4v) is 5.85. The molecule has 2 N–H and O–H groups in total. The molecule has 3 fully saturated rings.